The fourth-order valence-electron chi connectivity index (χ4n) is 3.73. The van der Waals surface area contributed by atoms with E-state index in [4.69, 9.17) is 5.11 Å². The van der Waals surface area contributed by atoms with Crippen LogP contribution in [0.5, 0.6) is 0 Å². The van der Waals surface area contributed by atoms with Crippen LogP contribution in [-0.4, -0.2) is 54.2 Å². The Hall–Kier alpha value is -2.08. The number of amides is 3. The SMILES string of the molecule is Cc1cc(C)c(N2CCC(NC(=O)N3CC(CO)C3)C2=O)c(C)c1. The zero-order chi connectivity index (χ0) is 17.4. The number of aryl methyl sites for hydroxylation is 3. The first-order chi connectivity index (χ1) is 11.4. The molecule has 24 heavy (non-hydrogen) atoms. The number of benzene rings is 1. The van der Waals surface area contributed by atoms with Gasteiger partial charge in [0.1, 0.15) is 6.04 Å². The molecular weight excluding hydrogens is 306 g/mol. The van der Waals surface area contributed by atoms with Crippen LogP contribution in [0.25, 0.3) is 0 Å². The summed E-state index contributed by atoms with van der Waals surface area (Å²) >= 11 is 0. The van der Waals surface area contributed by atoms with E-state index in [2.05, 4.69) is 17.4 Å². The summed E-state index contributed by atoms with van der Waals surface area (Å²) in [5.74, 6) is 0.127. The summed E-state index contributed by atoms with van der Waals surface area (Å²) in [5.41, 5.74) is 4.32. The van der Waals surface area contributed by atoms with Crippen molar-refractivity contribution in [2.24, 2.45) is 5.92 Å². The summed E-state index contributed by atoms with van der Waals surface area (Å²) in [4.78, 5) is 28.3. The predicted molar refractivity (Wildman–Crippen MR) is 92.1 cm³/mol. The maximum Gasteiger partial charge on any atom is 0.318 e. The van der Waals surface area contributed by atoms with Gasteiger partial charge in [-0.15, -0.1) is 0 Å². The Morgan fingerprint density at radius 3 is 2.46 bits per heavy atom. The lowest BCUT2D eigenvalue weighted by molar-refractivity contribution is -0.118. The molecule has 3 amide bonds. The van der Waals surface area contributed by atoms with E-state index in [0.717, 1.165) is 16.8 Å². The van der Waals surface area contributed by atoms with Crippen molar-refractivity contribution in [3.05, 3.63) is 28.8 Å². The van der Waals surface area contributed by atoms with Crippen molar-refractivity contribution in [1.29, 1.82) is 0 Å². The molecule has 0 aromatic heterocycles. The van der Waals surface area contributed by atoms with E-state index in [0.29, 0.717) is 26.1 Å². The van der Waals surface area contributed by atoms with Gasteiger partial charge in [-0.2, -0.15) is 0 Å². The molecule has 2 aliphatic heterocycles. The molecule has 6 nitrogen and oxygen atoms in total. The van der Waals surface area contributed by atoms with Gasteiger partial charge in [0, 0.05) is 37.8 Å². The second kappa shape index (κ2) is 6.43. The van der Waals surface area contributed by atoms with Crippen LogP contribution >= 0.6 is 0 Å². The van der Waals surface area contributed by atoms with Gasteiger partial charge < -0.3 is 20.2 Å². The Kier molecular flexibility index (Phi) is 4.49. The van der Waals surface area contributed by atoms with Gasteiger partial charge in [0.2, 0.25) is 5.91 Å². The molecule has 1 aromatic rings. The number of likely N-dealkylation sites (tertiary alicyclic amines) is 1. The molecule has 6 heteroatoms. The average molecular weight is 331 g/mol. The molecular formula is C18H25N3O3. The summed E-state index contributed by atoms with van der Waals surface area (Å²) in [5, 5.41) is 11.9. The van der Waals surface area contributed by atoms with E-state index in [1.807, 2.05) is 20.8 Å². The summed E-state index contributed by atoms with van der Waals surface area (Å²) in [6.07, 6.45) is 0.620. The van der Waals surface area contributed by atoms with Crippen molar-refractivity contribution in [2.45, 2.75) is 33.2 Å². The minimum absolute atomic E-state index is 0.0439. The van der Waals surface area contributed by atoms with Gasteiger partial charge in [0.15, 0.2) is 0 Å². The minimum atomic E-state index is -0.467. The molecule has 130 valence electrons. The number of rotatable bonds is 3. The molecule has 2 heterocycles. The Morgan fingerprint density at radius 1 is 1.25 bits per heavy atom. The van der Waals surface area contributed by atoms with E-state index >= 15 is 0 Å². The predicted octanol–water partition coefficient (Wildman–Crippen LogP) is 1.35. The molecule has 1 unspecified atom stereocenters. The molecule has 0 aliphatic carbocycles. The highest BCUT2D eigenvalue weighted by molar-refractivity contribution is 6.02. The molecule has 3 rings (SSSR count). The van der Waals surface area contributed by atoms with Crippen LogP contribution in [0.4, 0.5) is 10.5 Å². The van der Waals surface area contributed by atoms with Crippen LogP contribution in [0.15, 0.2) is 12.1 Å². The van der Waals surface area contributed by atoms with Crippen molar-refractivity contribution in [3.8, 4) is 0 Å². The van der Waals surface area contributed by atoms with Crippen molar-refractivity contribution < 1.29 is 14.7 Å². The Labute approximate surface area is 142 Å². The average Bonchev–Trinajstić information content (AvgIpc) is 2.78. The number of aliphatic hydroxyl groups excluding tert-OH is 1. The summed E-state index contributed by atoms with van der Waals surface area (Å²) in [7, 11) is 0. The van der Waals surface area contributed by atoms with E-state index in [1.165, 1.54) is 5.56 Å². The van der Waals surface area contributed by atoms with Crippen LogP contribution in [0, 0.1) is 26.7 Å². The summed E-state index contributed by atoms with van der Waals surface area (Å²) in [6, 6.07) is 3.48. The number of anilines is 1. The molecule has 0 radical (unpaired) electrons. The largest absolute Gasteiger partial charge is 0.396 e. The fraction of sp³-hybridized carbons (Fsp3) is 0.556. The van der Waals surface area contributed by atoms with E-state index < -0.39 is 6.04 Å². The quantitative estimate of drug-likeness (QED) is 0.878. The number of nitrogens with zero attached hydrogens (tertiary/aromatic N) is 2. The smallest absolute Gasteiger partial charge is 0.318 e. The summed E-state index contributed by atoms with van der Waals surface area (Å²) < 4.78 is 0. The highest BCUT2D eigenvalue weighted by Crippen LogP contribution is 2.30. The lowest BCUT2D eigenvalue weighted by Gasteiger charge is -2.38. The third-order valence-electron chi connectivity index (χ3n) is 4.91. The first-order valence-electron chi connectivity index (χ1n) is 8.46. The molecule has 0 saturated carbocycles. The number of nitrogens with one attached hydrogen (secondary N) is 1. The number of urea groups is 1. The second-order valence-corrected chi connectivity index (χ2v) is 6.98. The van der Waals surface area contributed by atoms with Crippen molar-refractivity contribution in [2.75, 3.05) is 31.1 Å². The van der Waals surface area contributed by atoms with Gasteiger partial charge in [0.25, 0.3) is 0 Å². The minimum Gasteiger partial charge on any atom is -0.396 e. The molecule has 2 N–H and O–H groups in total. The van der Waals surface area contributed by atoms with Gasteiger partial charge in [-0.1, -0.05) is 17.7 Å². The zero-order valence-corrected chi connectivity index (χ0v) is 14.5. The molecule has 0 spiro atoms. The van der Waals surface area contributed by atoms with E-state index in [1.54, 1.807) is 9.80 Å². The molecule has 1 atom stereocenters. The number of hydrogen-bond donors (Lipinski definition) is 2. The zero-order valence-electron chi connectivity index (χ0n) is 14.5. The lowest BCUT2D eigenvalue weighted by Crippen LogP contribution is -2.57. The normalized spacial score (nSPS) is 21.2. The van der Waals surface area contributed by atoms with Crippen molar-refractivity contribution in [3.63, 3.8) is 0 Å². The highest BCUT2D eigenvalue weighted by Gasteiger charge is 2.37. The number of carbonyl (C=O) groups is 2. The Morgan fingerprint density at radius 2 is 1.88 bits per heavy atom. The van der Waals surface area contributed by atoms with Gasteiger partial charge in [-0.05, 0) is 38.3 Å². The second-order valence-electron chi connectivity index (χ2n) is 6.98. The maximum absolute atomic E-state index is 12.7. The molecule has 1 aromatic carbocycles. The van der Waals surface area contributed by atoms with Crippen LogP contribution in [-0.2, 0) is 4.79 Å². The topological polar surface area (TPSA) is 72.9 Å². The number of carbonyl (C=O) groups excluding carboxylic acids is 2. The fourth-order valence-corrected chi connectivity index (χ4v) is 3.73. The van der Waals surface area contributed by atoms with Gasteiger partial charge in [-0.25, -0.2) is 4.79 Å². The van der Waals surface area contributed by atoms with Crippen molar-refractivity contribution in [1.82, 2.24) is 10.2 Å². The third kappa shape index (κ3) is 2.98. The van der Waals surface area contributed by atoms with Gasteiger partial charge in [0.05, 0.1) is 0 Å². The maximum atomic E-state index is 12.7. The number of hydrogen-bond acceptors (Lipinski definition) is 3. The molecule has 2 saturated heterocycles. The van der Waals surface area contributed by atoms with Crippen LogP contribution < -0.4 is 10.2 Å². The summed E-state index contributed by atoms with van der Waals surface area (Å²) in [6.45, 7) is 7.92. The van der Waals surface area contributed by atoms with Crippen LogP contribution in [0.3, 0.4) is 0 Å². The monoisotopic (exact) mass is 331 g/mol. The Balaban J connectivity index is 1.66. The third-order valence-corrected chi connectivity index (χ3v) is 4.91. The van der Waals surface area contributed by atoms with Gasteiger partial charge in [-0.3, -0.25) is 4.79 Å². The van der Waals surface area contributed by atoms with Crippen LogP contribution in [0.2, 0.25) is 0 Å². The van der Waals surface area contributed by atoms with Crippen LogP contribution in [0.1, 0.15) is 23.1 Å². The van der Waals surface area contributed by atoms with E-state index in [9.17, 15) is 9.59 Å². The highest BCUT2D eigenvalue weighted by atomic mass is 16.3. The standard InChI is InChI=1S/C18H25N3O3/c1-11-6-12(2)16(13(3)7-11)21-5-4-15(17(21)23)19-18(24)20-8-14(9-20)10-22/h6-7,14-15,22H,4-5,8-10H2,1-3H3,(H,19,24). The first-order valence-corrected chi connectivity index (χ1v) is 8.46. The molecule has 0 bridgehead atoms. The first kappa shape index (κ1) is 16.8. The van der Waals surface area contributed by atoms with Crippen molar-refractivity contribution >= 4 is 17.6 Å². The number of aliphatic hydroxyl groups is 1. The molecule has 2 aliphatic rings. The van der Waals surface area contributed by atoms with Gasteiger partial charge >= 0.3 is 6.03 Å². The van der Waals surface area contributed by atoms with E-state index in [-0.39, 0.29) is 24.5 Å². The Bertz CT molecular complexity index is 644. The molecule has 2 fully saturated rings. The lowest BCUT2D eigenvalue weighted by atomic mass is 10.0.